The van der Waals surface area contributed by atoms with Crippen molar-refractivity contribution >= 4 is 11.0 Å². The second-order valence-electron chi connectivity index (χ2n) is 6.81. The number of fused-ring (bicyclic) bond motifs is 1. The van der Waals surface area contributed by atoms with Crippen molar-refractivity contribution in [2.45, 2.75) is 45.6 Å². The first-order chi connectivity index (χ1) is 9.80. The zero-order valence-corrected chi connectivity index (χ0v) is 12.6. The van der Waals surface area contributed by atoms with Crippen molar-refractivity contribution in [3.63, 3.8) is 0 Å². The summed E-state index contributed by atoms with van der Waals surface area (Å²) in [5, 5.41) is 0. The van der Waals surface area contributed by atoms with Gasteiger partial charge in [0.15, 0.2) is 11.6 Å². The van der Waals surface area contributed by atoms with E-state index in [9.17, 15) is 8.78 Å². The molecule has 1 fully saturated rings. The number of rotatable bonds is 1. The van der Waals surface area contributed by atoms with E-state index in [1.165, 1.54) is 6.07 Å². The molecule has 1 aliphatic carbocycles. The normalized spacial score (nSPS) is 29.0. The molecule has 114 valence electrons. The predicted octanol–water partition coefficient (Wildman–Crippen LogP) is 3.71. The number of nitrogens with one attached hydrogen (secondary N) is 1. The lowest BCUT2D eigenvalue weighted by atomic mass is 9.61. The molecule has 1 aromatic heterocycles. The summed E-state index contributed by atoms with van der Waals surface area (Å²) < 4.78 is 26.6. The monoisotopic (exact) mass is 293 g/mol. The Morgan fingerprint density at radius 2 is 1.90 bits per heavy atom. The number of aromatic amines is 1. The molecule has 1 saturated carbocycles. The van der Waals surface area contributed by atoms with Crippen LogP contribution in [-0.4, -0.2) is 16.0 Å². The predicted molar refractivity (Wildman–Crippen MR) is 78.9 cm³/mol. The highest BCUT2D eigenvalue weighted by Crippen LogP contribution is 2.49. The van der Waals surface area contributed by atoms with Crippen LogP contribution in [0.2, 0.25) is 0 Å². The summed E-state index contributed by atoms with van der Waals surface area (Å²) in [6.07, 6.45) is 1.87. The topological polar surface area (TPSA) is 54.7 Å². The number of hydrogen-bond donors (Lipinski definition) is 2. The molecule has 3 atom stereocenters. The van der Waals surface area contributed by atoms with Gasteiger partial charge in [-0.3, -0.25) is 0 Å². The average molecular weight is 293 g/mol. The third-order valence-corrected chi connectivity index (χ3v) is 5.37. The fraction of sp³-hybridized carbons (Fsp3) is 0.562. The lowest BCUT2D eigenvalue weighted by Gasteiger charge is -2.46. The van der Waals surface area contributed by atoms with E-state index in [4.69, 9.17) is 5.73 Å². The van der Waals surface area contributed by atoms with Gasteiger partial charge in [0.1, 0.15) is 5.82 Å². The smallest absolute Gasteiger partial charge is 0.161 e. The molecular weight excluding hydrogens is 272 g/mol. The zero-order valence-electron chi connectivity index (χ0n) is 12.6. The molecule has 3 N–H and O–H groups in total. The fourth-order valence-electron chi connectivity index (χ4n) is 3.53. The first-order valence-corrected chi connectivity index (χ1v) is 7.41. The number of aromatic nitrogens is 2. The molecule has 0 radical (unpaired) electrons. The Morgan fingerprint density at radius 3 is 2.62 bits per heavy atom. The second-order valence-corrected chi connectivity index (χ2v) is 6.81. The van der Waals surface area contributed by atoms with Crippen LogP contribution in [0.3, 0.4) is 0 Å². The molecule has 1 heterocycles. The molecule has 3 nitrogen and oxygen atoms in total. The van der Waals surface area contributed by atoms with Crippen LogP contribution in [0.25, 0.3) is 11.0 Å². The van der Waals surface area contributed by atoms with Gasteiger partial charge in [-0.25, -0.2) is 13.8 Å². The second kappa shape index (κ2) is 4.77. The van der Waals surface area contributed by atoms with Gasteiger partial charge in [0.05, 0.1) is 11.0 Å². The van der Waals surface area contributed by atoms with E-state index in [2.05, 4.69) is 30.7 Å². The van der Waals surface area contributed by atoms with Crippen LogP contribution in [0.15, 0.2) is 12.1 Å². The van der Waals surface area contributed by atoms with Crippen molar-refractivity contribution in [2.75, 3.05) is 0 Å². The van der Waals surface area contributed by atoms with Gasteiger partial charge in [0.25, 0.3) is 0 Å². The minimum Gasteiger partial charge on any atom is -0.342 e. The number of nitrogens with two attached hydrogens (primary N) is 1. The summed E-state index contributed by atoms with van der Waals surface area (Å²) in [6, 6.07) is 2.51. The maximum atomic E-state index is 13.3. The van der Waals surface area contributed by atoms with Crippen LogP contribution in [-0.2, 0) is 0 Å². The molecular formula is C16H21F2N3. The van der Waals surface area contributed by atoms with Crippen LogP contribution < -0.4 is 5.73 Å². The van der Waals surface area contributed by atoms with Crippen LogP contribution in [0, 0.1) is 23.0 Å². The number of hydrogen-bond acceptors (Lipinski definition) is 2. The number of nitrogens with zero attached hydrogens (tertiary/aromatic N) is 1. The summed E-state index contributed by atoms with van der Waals surface area (Å²) in [6.45, 7) is 6.55. The highest BCUT2D eigenvalue weighted by Gasteiger charge is 2.43. The molecule has 0 bridgehead atoms. The number of H-pyrrole nitrogens is 1. The SMILES string of the molecule is CC1C(N)CCC(c2nc3cc(F)c(F)cc3[nH]2)C1(C)C. The van der Waals surface area contributed by atoms with E-state index in [0.29, 0.717) is 17.0 Å². The third-order valence-electron chi connectivity index (χ3n) is 5.37. The Hall–Kier alpha value is -1.49. The lowest BCUT2D eigenvalue weighted by molar-refractivity contribution is 0.0954. The molecule has 3 rings (SSSR count). The molecule has 0 saturated heterocycles. The maximum absolute atomic E-state index is 13.3. The van der Waals surface area contributed by atoms with Gasteiger partial charge in [-0.1, -0.05) is 20.8 Å². The summed E-state index contributed by atoms with van der Waals surface area (Å²) in [5.74, 6) is -0.336. The molecule has 0 amide bonds. The summed E-state index contributed by atoms with van der Waals surface area (Å²) >= 11 is 0. The van der Waals surface area contributed by atoms with Crippen LogP contribution in [0.4, 0.5) is 8.78 Å². The van der Waals surface area contributed by atoms with E-state index in [-0.39, 0.29) is 17.4 Å². The van der Waals surface area contributed by atoms with Crippen molar-refractivity contribution in [1.82, 2.24) is 9.97 Å². The van der Waals surface area contributed by atoms with Crippen LogP contribution in [0.1, 0.15) is 45.4 Å². The van der Waals surface area contributed by atoms with Gasteiger partial charge in [-0.15, -0.1) is 0 Å². The Bertz CT molecular complexity index is 638. The largest absolute Gasteiger partial charge is 0.342 e. The molecule has 21 heavy (non-hydrogen) atoms. The minimum atomic E-state index is -0.862. The third kappa shape index (κ3) is 2.24. The van der Waals surface area contributed by atoms with E-state index >= 15 is 0 Å². The number of halogens is 2. The van der Waals surface area contributed by atoms with Crippen molar-refractivity contribution < 1.29 is 8.78 Å². The van der Waals surface area contributed by atoms with E-state index in [1.807, 2.05) is 0 Å². The number of imidazole rings is 1. The summed E-state index contributed by atoms with van der Waals surface area (Å²) in [5.41, 5.74) is 7.19. The van der Waals surface area contributed by atoms with E-state index in [0.717, 1.165) is 24.7 Å². The lowest BCUT2D eigenvalue weighted by Crippen LogP contribution is -2.46. The summed E-state index contributed by atoms with van der Waals surface area (Å²) in [4.78, 5) is 7.66. The van der Waals surface area contributed by atoms with E-state index in [1.54, 1.807) is 0 Å². The summed E-state index contributed by atoms with van der Waals surface area (Å²) in [7, 11) is 0. The van der Waals surface area contributed by atoms with Crippen molar-refractivity contribution in [1.29, 1.82) is 0 Å². The average Bonchev–Trinajstić information content (AvgIpc) is 2.79. The minimum absolute atomic E-state index is 0.0113. The standard InChI is InChI=1S/C16H21F2N3/c1-8-12(19)5-4-9(16(8,2)3)15-20-13-6-10(17)11(18)7-14(13)21-15/h6-9,12H,4-5,19H2,1-3H3,(H,20,21). The highest BCUT2D eigenvalue weighted by molar-refractivity contribution is 5.75. The van der Waals surface area contributed by atoms with Gasteiger partial charge in [-0.2, -0.15) is 0 Å². The molecule has 0 aliphatic heterocycles. The fourth-order valence-corrected chi connectivity index (χ4v) is 3.53. The number of benzene rings is 1. The maximum Gasteiger partial charge on any atom is 0.161 e. The van der Waals surface area contributed by atoms with Crippen molar-refractivity contribution in [3.05, 3.63) is 29.6 Å². The first-order valence-electron chi connectivity index (χ1n) is 7.41. The zero-order chi connectivity index (χ0) is 15.4. The quantitative estimate of drug-likeness (QED) is 0.842. The molecule has 1 aliphatic rings. The van der Waals surface area contributed by atoms with Gasteiger partial charge in [-0.05, 0) is 24.2 Å². The Labute approximate surface area is 122 Å². The van der Waals surface area contributed by atoms with Crippen molar-refractivity contribution in [2.24, 2.45) is 17.1 Å². The Morgan fingerprint density at radius 1 is 1.24 bits per heavy atom. The van der Waals surface area contributed by atoms with Crippen LogP contribution >= 0.6 is 0 Å². The molecule has 0 spiro atoms. The van der Waals surface area contributed by atoms with Gasteiger partial charge in [0, 0.05) is 24.1 Å². The first kappa shape index (κ1) is 14.4. The molecule has 1 aromatic carbocycles. The highest BCUT2D eigenvalue weighted by atomic mass is 19.2. The Kier molecular flexibility index (Phi) is 3.28. The van der Waals surface area contributed by atoms with E-state index < -0.39 is 11.6 Å². The molecule has 3 unspecified atom stereocenters. The molecule has 2 aromatic rings. The van der Waals surface area contributed by atoms with Gasteiger partial charge in [0.2, 0.25) is 0 Å². The van der Waals surface area contributed by atoms with Crippen molar-refractivity contribution in [3.8, 4) is 0 Å². The van der Waals surface area contributed by atoms with Gasteiger partial charge >= 0.3 is 0 Å². The van der Waals surface area contributed by atoms with Gasteiger partial charge < -0.3 is 10.7 Å². The van der Waals surface area contributed by atoms with Crippen LogP contribution in [0.5, 0.6) is 0 Å². The Balaban J connectivity index is 2.04. The molecule has 5 heteroatoms.